The highest BCUT2D eigenvalue weighted by molar-refractivity contribution is 7.79. The SMILES string of the molecule is COc1ccc(-c2cc(-c3ccc(OC)cc3)cc(P(c3ccccc3)c3ccccc3)c2)cc1. The van der Waals surface area contributed by atoms with Crippen LogP contribution in [0.5, 0.6) is 11.5 Å². The van der Waals surface area contributed by atoms with E-state index in [1.807, 2.05) is 24.3 Å². The zero-order valence-corrected chi connectivity index (χ0v) is 20.8. The van der Waals surface area contributed by atoms with Gasteiger partial charge in [-0.1, -0.05) is 84.9 Å². The molecule has 172 valence electrons. The molecule has 0 aliphatic heterocycles. The van der Waals surface area contributed by atoms with Gasteiger partial charge in [-0.15, -0.1) is 0 Å². The van der Waals surface area contributed by atoms with Crippen LogP contribution >= 0.6 is 7.92 Å². The quantitative estimate of drug-likeness (QED) is 0.242. The molecule has 0 aliphatic carbocycles. The molecule has 0 unspecified atom stereocenters. The van der Waals surface area contributed by atoms with Gasteiger partial charge in [-0.3, -0.25) is 0 Å². The average molecular weight is 475 g/mol. The number of rotatable bonds is 7. The van der Waals surface area contributed by atoms with Crippen molar-refractivity contribution in [3.63, 3.8) is 0 Å². The maximum Gasteiger partial charge on any atom is 0.118 e. The summed E-state index contributed by atoms with van der Waals surface area (Å²) in [5.74, 6) is 1.72. The first-order chi connectivity index (χ1) is 17.2. The molecule has 0 atom stereocenters. The van der Waals surface area contributed by atoms with Gasteiger partial charge in [-0.25, -0.2) is 0 Å². The van der Waals surface area contributed by atoms with Crippen LogP contribution in [0.25, 0.3) is 22.3 Å². The summed E-state index contributed by atoms with van der Waals surface area (Å²) in [4.78, 5) is 0. The number of hydrogen-bond acceptors (Lipinski definition) is 2. The molecule has 35 heavy (non-hydrogen) atoms. The number of benzene rings is 5. The summed E-state index contributed by atoms with van der Waals surface area (Å²) in [6, 6.07) is 45.2. The summed E-state index contributed by atoms with van der Waals surface area (Å²) >= 11 is 0. The van der Waals surface area contributed by atoms with Crippen molar-refractivity contribution in [3.05, 3.63) is 127 Å². The number of ether oxygens (including phenoxy) is 2. The molecule has 0 saturated carbocycles. The zero-order valence-electron chi connectivity index (χ0n) is 19.9. The molecule has 0 N–H and O–H groups in total. The second-order valence-electron chi connectivity index (χ2n) is 8.23. The third-order valence-corrected chi connectivity index (χ3v) is 8.46. The number of methoxy groups -OCH3 is 2. The van der Waals surface area contributed by atoms with Crippen LogP contribution in [0.2, 0.25) is 0 Å². The van der Waals surface area contributed by atoms with E-state index >= 15 is 0 Å². The van der Waals surface area contributed by atoms with Gasteiger partial charge in [0.2, 0.25) is 0 Å². The van der Waals surface area contributed by atoms with E-state index in [-0.39, 0.29) is 0 Å². The Kier molecular flexibility index (Phi) is 6.93. The van der Waals surface area contributed by atoms with E-state index in [1.165, 1.54) is 38.2 Å². The third kappa shape index (κ3) is 5.14. The van der Waals surface area contributed by atoms with Crippen molar-refractivity contribution in [2.75, 3.05) is 14.2 Å². The van der Waals surface area contributed by atoms with Crippen LogP contribution in [-0.2, 0) is 0 Å². The Hall–Kier alpha value is -3.87. The molecular formula is C32H27O2P. The van der Waals surface area contributed by atoms with Crippen molar-refractivity contribution in [3.8, 4) is 33.8 Å². The predicted molar refractivity (Wildman–Crippen MR) is 149 cm³/mol. The van der Waals surface area contributed by atoms with Crippen LogP contribution in [0.4, 0.5) is 0 Å². The molecule has 0 heterocycles. The van der Waals surface area contributed by atoms with Gasteiger partial charge in [0.05, 0.1) is 14.2 Å². The fourth-order valence-electron chi connectivity index (χ4n) is 4.24. The van der Waals surface area contributed by atoms with Gasteiger partial charge in [0, 0.05) is 0 Å². The van der Waals surface area contributed by atoms with Crippen molar-refractivity contribution in [1.29, 1.82) is 0 Å². The molecule has 0 amide bonds. The van der Waals surface area contributed by atoms with Crippen molar-refractivity contribution >= 4 is 23.8 Å². The van der Waals surface area contributed by atoms with Gasteiger partial charge >= 0.3 is 0 Å². The fraction of sp³-hybridized carbons (Fsp3) is 0.0625. The molecule has 5 aromatic rings. The molecule has 0 saturated heterocycles. The number of hydrogen-bond donors (Lipinski definition) is 0. The van der Waals surface area contributed by atoms with Crippen LogP contribution in [0, 0.1) is 0 Å². The lowest BCUT2D eigenvalue weighted by atomic mass is 9.99. The normalized spacial score (nSPS) is 10.8. The Morgan fingerprint density at radius 3 is 1.17 bits per heavy atom. The van der Waals surface area contributed by atoms with Gasteiger partial charge in [0.15, 0.2) is 0 Å². The minimum atomic E-state index is -0.727. The van der Waals surface area contributed by atoms with Crippen molar-refractivity contribution in [2.45, 2.75) is 0 Å². The molecule has 0 spiro atoms. The molecule has 5 rings (SSSR count). The summed E-state index contributed by atoms with van der Waals surface area (Å²) in [5.41, 5.74) is 4.71. The summed E-state index contributed by atoms with van der Waals surface area (Å²) in [7, 11) is 2.67. The van der Waals surface area contributed by atoms with E-state index in [0.717, 1.165) is 11.5 Å². The molecule has 5 aromatic carbocycles. The first-order valence-electron chi connectivity index (χ1n) is 11.6. The van der Waals surface area contributed by atoms with E-state index in [2.05, 4.69) is 103 Å². The second-order valence-corrected chi connectivity index (χ2v) is 10.5. The average Bonchev–Trinajstić information content (AvgIpc) is 2.94. The highest BCUT2D eigenvalue weighted by Crippen LogP contribution is 2.37. The Balaban J connectivity index is 1.71. The maximum absolute atomic E-state index is 5.39. The van der Waals surface area contributed by atoms with Crippen molar-refractivity contribution in [1.82, 2.24) is 0 Å². The Morgan fingerprint density at radius 1 is 0.400 bits per heavy atom. The van der Waals surface area contributed by atoms with E-state index < -0.39 is 7.92 Å². The van der Waals surface area contributed by atoms with E-state index in [9.17, 15) is 0 Å². The van der Waals surface area contributed by atoms with E-state index in [0.29, 0.717) is 0 Å². The van der Waals surface area contributed by atoms with Gasteiger partial charge in [-0.2, -0.15) is 0 Å². The minimum Gasteiger partial charge on any atom is -0.497 e. The lowest BCUT2D eigenvalue weighted by Crippen LogP contribution is -2.20. The van der Waals surface area contributed by atoms with Gasteiger partial charge in [0.1, 0.15) is 11.5 Å². The Bertz CT molecular complexity index is 1270. The molecular weight excluding hydrogens is 447 g/mol. The van der Waals surface area contributed by atoms with E-state index in [1.54, 1.807) is 14.2 Å². The van der Waals surface area contributed by atoms with Crippen LogP contribution in [0.15, 0.2) is 127 Å². The topological polar surface area (TPSA) is 18.5 Å². The summed E-state index contributed by atoms with van der Waals surface area (Å²) < 4.78 is 10.8. The molecule has 3 heteroatoms. The molecule has 0 aromatic heterocycles. The van der Waals surface area contributed by atoms with Gasteiger partial charge in [0.25, 0.3) is 0 Å². The first kappa shape index (κ1) is 22.9. The Morgan fingerprint density at radius 2 is 0.800 bits per heavy atom. The maximum atomic E-state index is 5.39. The standard InChI is InChI=1S/C32H27O2P/c1-33-28-17-13-24(14-18-28)26-21-27(25-15-19-29(34-2)20-16-25)23-32(22-26)35(30-9-5-3-6-10-30)31-11-7-4-8-12-31/h3-23H,1-2H3. The summed E-state index contributed by atoms with van der Waals surface area (Å²) in [5, 5.41) is 3.99. The molecule has 0 fully saturated rings. The van der Waals surface area contributed by atoms with Crippen LogP contribution in [-0.4, -0.2) is 14.2 Å². The van der Waals surface area contributed by atoms with Gasteiger partial charge < -0.3 is 9.47 Å². The molecule has 0 aliphatic rings. The lowest BCUT2D eigenvalue weighted by molar-refractivity contribution is 0.415. The lowest BCUT2D eigenvalue weighted by Gasteiger charge is -2.21. The molecule has 0 radical (unpaired) electrons. The molecule has 2 nitrogen and oxygen atoms in total. The first-order valence-corrected chi connectivity index (χ1v) is 12.9. The van der Waals surface area contributed by atoms with Crippen molar-refractivity contribution in [2.24, 2.45) is 0 Å². The fourth-order valence-corrected chi connectivity index (χ4v) is 6.61. The highest BCUT2D eigenvalue weighted by atomic mass is 31.1. The predicted octanol–water partition coefficient (Wildman–Crippen LogP) is 6.80. The van der Waals surface area contributed by atoms with Crippen LogP contribution in [0.1, 0.15) is 0 Å². The van der Waals surface area contributed by atoms with E-state index in [4.69, 9.17) is 9.47 Å². The Labute approximate surface area is 208 Å². The summed E-state index contributed by atoms with van der Waals surface area (Å²) in [6.07, 6.45) is 0. The largest absolute Gasteiger partial charge is 0.497 e. The van der Waals surface area contributed by atoms with Gasteiger partial charge in [-0.05, 0) is 88.6 Å². The smallest absolute Gasteiger partial charge is 0.118 e. The summed E-state index contributed by atoms with van der Waals surface area (Å²) in [6.45, 7) is 0. The third-order valence-electron chi connectivity index (χ3n) is 6.05. The zero-order chi connectivity index (χ0) is 24.0. The minimum absolute atomic E-state index is 0.727. The van der Waals surface area contributed by atoms with Crippen LogP contribution in [0.3, 0.4) is 0 Å². The highest BCUT2D eigenvalue weighted by Gasteiger charge is 2.18. The van der Waals surface area contributed by atoms with Crippen LogP contribution < -0.4 is 25.4 Å². The molecule has 0 bridgehead atoms. The second kappa shape index (κ2) is 10.6. The van der Waals surface area contributed by atoms with Crippen molar-refractivity contribution < 1.29 is 9.47 Å². The monoisotopic (exact) mass is 474 g/mol.